The third-order valence-electron chi connectivity index (χ3n) is 2.72. The molecule has 1 aromatic carbocycles. The van der Waals surface area contributed by atoms with Crippen molar-refractivity contribution in [1.29, 1.82) is 0 Å². The van der Waals surface area contributed by atoms with Crippen molar-refractivity contribution in [2.45, 2.75) is 12.6 Å². The molecular weight excluding hydrogens is 262 g/mol. The molecule has 112 valence electrons. The number of nitrogens with zero attached hydrogens (tertiary/aromatic N) is 2. The van der Waals surface area contributed by atoms with Gasteiger partial charge in [-0.25, -0.2) is 0 Å². The molecule has 0 aromatic heterocycles. The monoisotopic (exact) mass is 283 g/mol. The summed E-state index contributed by atoms with van der Waals surface area (Å²) in [5, 5.41) is 23.7. The minimum absolute atomic E-state index is 0.0550. The lowest BCUT2D eigenvalue weighted by Crippen LogP contribution is -2.34. The fourth-order valence-corrected chi connectivity index (χ4v) is 1.86. The number of rotatable bonds is 8. The summed E-state index contributed by atoms with van der Waals surface area (Å²) in [5.41, 5.74) is 0.718. The van der Waals surface area contributed by atoms with Gasteiger partial charge in [-0.15, -0.1) is 0 Å². The maximum Gasteiger partial charge on any atom is 0.311 e. The number of aliphatic hydroxyl groups excluding tert-OH is 1. The predicted molar refractivity (Wildman–Crippen MR) is 75.9 cm³/mol. The van der Waals surface area contributed by atoms with Crippen LogP contribution in [0.4, 0.5) is 5.69 Å². The van der Waals surface area contributed by atoms with Gasteiger partial charge >= 0.3 is 5.69 Å². The first-order valence-electron chi connectivity index (χ1n) is 6.29. The van der Waals surface area contributed by atoms with E-state index in [-0.39, 0.29) is 11.4 Å². The van der Waals surface area contributed by atoms with Crippen LogP contribution in [0.1, 0.15) is 5.56 Å². The van der Waals surface area contributed by atoms with Gasteiger partial charge in [0.1, 0.15) is 0 Å². The van der Waals surface area contributed by atoms with Gasteiger partial charge in [-0.05, 0) is 25.7 Å². The fourth-order valence-electron chi connectivity index (χ4n) is 1.86. The zero-order valence-corrected chi connectivity index (χ0v) is 12.0. The summed E-state index contributed by atoms with van der Waals surface area (Å²) in [7, 11) is 5.17. The highest BCUT2D eigenvalue weighted by Gasteiger charge is 2.15. The topological polar surface area (TPSA) is 87.9 Å². The Morgan fingerprint density at radius 2 is 2.20 bits per heavy atom. The van der Waals surface area contributed by atoms with Gasteiger partial charge in [0.15, 0.2) is 5.75 Å². The molecule has 1 rings (SSSR count). The average molecular weight is 283 g/mol. The lowest BCUT2D eigenvalue weighted by atomic mass is 10.2. The standard InChI is InChI=1S/C13H21N3O4/c1-15(2)9-11(17)8-14-7-10-4-5-13(20-3)12(6-10)16(18)19/h4-6,11,14,17H,7-9H2,1-3H3. The Labute approximate surface area is 118 Å². The number of hydrogen-bond acceptors (Lipinski definition) is 6. The minimum Gasteiger partial charge on any atom is -0.490 e. The Balaban J connectivity index is 2.56. The molecule has 0 bridgehead atoms. The first-order valence-corrected chi connectivity index (χ1v) is 6.29. The summed E-state index contributed by atoms with van der Waals surface area (Å²) in [4.78, 5) is 12.3. The molecule has 20 heavy (non-hydrogen) atoms. The van der Waals surface area contributed by atoms with Crippen LogP contribution in [0.2, 0.25) is 0 Å². The van der Waals surface area contributed by atoms with E-state index in [0.717, 1.165) is 5.56 Å². The van der Waals surface area contributed by atoms with Gasteiger partial charge in [0.2, 0.25) is 0 Å². The first kappa shape index (κ1) is 16.4. The number of nitro benzene ring substituents is 1. The van der Waals surface area contributed by atoms with Crippen LogP contribution < -0.4 is 10.1 Å². The Morgan fingerprint density at radius 1 is 1.50 bits per heavy atom. The molecule has 0 heterocycles. The molecule has 0 spiro atoms. The number of methoxy groups -OCH3 is 1. The van der Waals surface area contributed by atoms with Crippen molar-refractivity contribution < 1.29 is 14.8 Å². The van der Waals surface area contributed by atoms with Crippen molar-refractivity contribution >= 4 is 5.69 Å². The van der Waals surface area contributed by atoms with Crippen LogP contribution >= 0.6 is 0 Å². The van der Waals surface area contributed by atoms with Crippen molar-refractivity contribution in [3.05, 3.63) is 33.9 Å². The van der Waals surface area contributed by atoms with Gasteiger partial charge in [-0.3, -0.25) is 10.1 Å². The Bertz CT molecular complexity index is 451. The molecule has 7 heteroatoms. The molecule has 0 amide bonds. The smallest absolute Gasteiger partial charge is 0.311 e. The number of hydrogen-bond donors (Lipinski definition) is 2. The van der Waals surface area contributed by atoms with E-state index in [1.54, 1.807) is 12.1 Å². The number of nitrogens with one attached hydrogen (secondary N) is 1. The molecule has 1 aromatic rings. The molecular formula is C13H21N3O4. The lowest BCUT2D eigenvalue weighted by Gasteiger charge is -2.16. The number of likely N-dealkylation sites (N-methyl/N-ethyl adjacent to an activating group) is 1. The Morgan fingerprint density at radius 3 is 2.75 bits per heavy atom. The third kappa shape index (κ3) is 5.12. The number of nitro groups is 1. The molecule has 0 fully saturated rings. The van der Waals surface area contributed by atoms with E-state index in [2.05, 4.69) is 5.32 Å². The maximum absolute atomic E-state index is 10.9. The van der Waals surface area contributed by atoms with E-state index < -0.39 is 11.0 Å². The van der Waals surface area contributed by atoms with Gasteiger partial charge in [0.05, 0.1) is 18.1 Å². The van der Waals surface area contributed by atoms with E-state index in [9.17, 15) is 15.2 Å². The molecule has 0 aliphatic heterocycles. The highest BCUT2D eigenvalue weighted by molar-refractivity contribution is 5.48. The SMILES string of the molecule is COc1ccc(CNCC(O)CN(C)C)cc1[N+](=O)[O-]. The van der Waals surface area contributed by atoms with E-state index in [0.29, 0.717) is 19.6 Å². The summed E-state index contributed by atoms with van der Waals surface area (Å²) in [6.07, 6.45) is -0.474. The van der Waals surface area contributed by atoms with Crippen LogP contribution in [0.15, 0.2) is 18.2 Å². The number of aliphatic hydroxyl groups is 1. The van der Waals surface area contributed by atoms with E-state index in [4.69, 9.17) is 4.74 Å². The van der Waals surface area contributed by atoms with Crippen molar-refractivity contribution in [2.24, 2.45) is 0 Å². The summed E-state index contributed by atoms with van der Waals surface area (Å²) >= 11 is 0. The lowest BCUT2D eigenvalue weighted by molar-refractivity contribution is -0.385. The van der Waals surface area contributed by atoms with Crippen molar-refractivity contribution in [3.8, 4) is 5.75 Å². The summed E-state index contributed by atoms with van der Waals surface area (Å²) in [5.74, 6) is 0.242. The molecule has 2 N–H and O–H groups in total. The molecule has 0 aliphatic carbocycles. The van der Waals surface area contributed by atoms with Gasteiger partial charge in [0.25, 0.3) is 0 Å². The fraction of sp³-hybridized carbons (Fsp3) is 0.538. The number of ether oxygens (including phenoxy) is 1. The highest BCUT2D eigenvalue weighted by Crippen LogP contribution is 2.27. The molecule has 0 saturated heterocycles. The Hall–Kier alpha value is -1.70. The summed E-state index contributed by atoms with van der Waals surface area (Å²) < 4.78 is 4.94. The third-order valence-corrected chi connectivity index (χ3v) is 2.72. The van der Waals surface area contributed by atoms with Gasteiger partial charge in [-0.2, -0.15) is 0 Å². The van der Waals surface area contributed by atoms with Gasteiger partial charge < -0.3 is 20.1 Å². The molecule has 0 saturated carbocycles. The minimum atomic E-state index is -0.474. The van der Waals surface area contributed by atoms with Crippen molar-refractivity contribution in [3.63, 3.8) is 0 Å². The summed E-state index contributed by atoms with van der Waals surface area (Å²) in [6, 6.07) is 4.81. The average Bonchev–Trinajstić information content (AvgIpc) is 2.37. The molecule has 1 unspecified atom stereocenters. The van der Waals surface area contributed by atoms with Crippen LogP contribution in [0.5, 0.6) is 5.75 Å². The van der Waals surface area contributed by atoms with Crippen LogP contribution in [-0.4, -0.2) is 55.3 Å². The molecule has 0 aliphatic rings. The van der Waals surface area contributed by atoms with Crippen LogP contribution in [0.3, 0.4) is 0 Å². The normalized spacial score (nSPS) is 12.4. The van der Waals surface area contributed by atoms with E-state index in [1.165, 1.54) is 13.2 Å². The highest BCUT2D eigenvalue weighted by atomic mass is 16.6. The Kier molecular flexibility index (Phi) is 6.37. The summed E-state index contributed by atoms with van der Waals surface area (Å²) in [6.45, 7) is 1.45. The predicted octanol–water partition coefficient (Wildman–Crippen LogP) is 0.616. The zero-order valence-electron chi connectivity index (χ0n) is 12.0. The zero-order chi connectivity index (χ0) is 15.1. The second kappa shape index (κ2) is 7.78. The van der Waals surface area contributed by atoms with Crippen LogP contribution in [-0.2, 0) is 6.54 Å². The van der Waals surface area contributed by atoms with E-state index in [1.807, 2.05) is 19.0 Å². The van der Waals surface area contributed by atoms with Gasteiger partial charge in [0, 0.05) is 25.7 Å². The van der Waals surface area contributed by atoms with Gasteiger partial charge in [-0.1, -0.05) is 6.07 Å². The van der Waals surface area contributed by atoms with Crippen molar-refractivity contribution in [1.82, 2.24) is 10.2 Å². The first-order chi connectivity index (χ1) is 9.43. The molecule has 7 nitrogen and oxygen atoms in total. The number of benzene rings is 1. The van der Waals surface area contributed by atoms with Crippen LogP contribution in [0, 0.1) is 10.1 Å². The second-order valence-electron chi connectivity index (χ2n) is 4.81. The van der Waals surface area contributed by atoms with Crippen molar-refractivity contribution in [2.75, 3.05) is 34.3 Å². The molecule has 0 radical (unpaired) electrons. The van der Waals surface area contributed by atoms with Crippen LogP contribution in [0.25, 0.3) is 0 Å². The molecule has 1 atom stereocenters. The maximum atomic E-state index is 10.9. The second-order valence-corrected chi connectivity index (χ2v) is 4.81. The largest absolute Gasteiger partial charge is 0.490 e. The van der Waals surface area contributed by atoms with E-state index >= 15 is 0 Å². The quantitative estimate of drug-likeness (QED) is 0.537.